The molecule has 0 saturated carbocycles. The number of carbonyl (C=O) groups excluding carboxylic acids is 1. The van der Waals surface area contributed by atoms with Gasteiger partial charge in [-0.2, -0.15) is 0 Å². The Bertz CT molecular complexity index is 978. The molecule has 8 nitrogen and oxygen atoms in total. The SMILES string of the molecule is COc1cnc(C(=O)Nc2cccc(CNc3cccnc3N)c2)c(OC)c1. The molecule has 2 heterocycles. The molecule has 0 aliphatic heterocycles. The lowest BCUT2D eigenvalue weighted by Gasteiger charge is -2.12. The van der Waals surface area contributed by atoms with Crippen molar-refractivity contribution in [2.45, 2.75) is 6.54 Å². The smallest absolute Gasteiger partial charge is 0.278 e. The van der Waals surface area contributed by atoms with Crippen LogP contribution in [-0.4, -0.2) is 30.1 Å². The standard InChI is InChI=1S/C20H21N5O3/c1-27-15-10-17(28-2)18(24-12-15)20(26)25-14-6-3-5-13(9-14)11-23-16-7-4-8-22-19(16)21/h3-10,12,23H,11H2,1-2H3,(H2,21,22)(H,25,26). The molecular weight excluding hydrogens is 358 g/mol. The topological polar surface area (TPSA) is 111 Å². The van der Waals surface area contributed by atoms with E-state index in [-0.39, 0.29) is 11.6 Å². The first-order chi connectivity index (χ1) is 13.6. The summed E-state index contributed by atoms with van der Waals surface area (Å²) < 4.78 is 10.3. The van der Waals surface area contributed by atoms with E-state index in [1.54, 1.807) is 18.3 Å². The highest BCUT2D eigenvalue weighted by Crippen LogP contribution is 2.23. The van der Waals surface area contributed by atoms with E-state index in [9.17, 15) is 4.79 Å². The summed E-state index contributed by atoms with van der Waals surface area (Å²) in [5, 5.41) is 6.06. The highest BCUT2D eigenvalue weighted by Gasteiger charge is 2.15. The summed E-state index contributed by atoms with van der Waals surface area (Å²) in [6.07, 6.45) is 3.11. The zero-order valence-electron chi connectivity index (χ0n) is 15.6. The number of methoxy groups -OCH3 is 2. The molecule has 0 saturated heterocycles. The van der Waals surface area contributed by atoms with Crippen molar-refractivity contribution < 1.29 is 14.3 Å². The van der Waals surface area contributed by atoms with Crippen molar-refractivity contribution in [3.8, 4) is 11.5 Å². The number of rotatable bonds is 7. The first-order valence-electron chi connectivity index (χ1n) is 8.53. The zero-order valence-corrected chi connectivity index (χ0v) is 15.6. The number of aromatic nitrogens is 2. The van der Waals surface area contributed by atoms with Gasteiger partial charge in [-0.1, -0.05) is 12.1 Å². The molecule has 0 fully saturated rings. The fraction of sp³-hybridized carbons (Fsp3) is 0.150. The van der Waals surface area contributed by atoms with Gasteiger partial charge in [0.05, 0.1) is 26.1 Å². The Labute approximate surface area is 162 Å². The van der Waals surface area contributed by atoms with Crippen LogP contribution >= 0.6 is 0 Å². The van der Waals surface area contributed by atoms with Crippen molar-refractivity contribution in [3.05, 3.63) is 66.1 Å². The van der Waals surface area contributed by atoms with E-state index in [1.165, 1.54) is 20.4 Å². The number of nitrogens with zero attached hydrogens (tertiary/aromatic N) is 2. The van der Waals surface area contributed by atoms with Crippen LogP contribution in [-0.2, 0) is 6.54 Å². The highest BCUT2D eigenvalue weighted by atomic mass is 16.5. The average Bonchev–Trinajstić information content (AvgIpc) is 2.73. The normalized spacial score (nSPS) is 10.2. The molecule has 1 aromatic carbocycles. The van der Waals surface area contributed by atoms with Gasteiger partial charge in [0.1, 0.15) is 11.6 Å². The van der Waals surface area contributed by atoms with Crippen molar-refractivity contribution >= 4 is 23.1 Å². The van der Waals surface area contributed by atoms with Crippen molar-refractivity contribution in [2.75, 3.05) is 30.6 Å². The fourth-order valence-corrected chi connectivity index (χ4v) is 2.58. The Balaban J connectivity index is 1.70. The number of ether oxygens (including phenoxy) is 2. The van der Waals surface area contributed by atoms with Crippen LogP contribution in [0.15, 0.2) is 54.9 Å². The van der Waals surface area contributed by atoms with Crippen LogP contribution in [0.4, 0.5) is 17.2 Å². The highest BCUT2D eigenvalue weighted by molar-refractivity contribution is 6.04. The largest absolute Gasteiger partial charge is 0.495 e. The molecule has 8 heteroatoms. The summed E-state index contributed by atoms with van der Waals surface area (Å²) >= 11 is 0. The molecule has 0 bridgehead atoms. The summed E-state index contributed by atoms with van der Waals surface area (Å²) in [7, 11) is 3.00. The molecule has 3 rings (SSSR count). The maximum absolute atomic E-state index is 12.6. The number of hydrogen-bond donors (Lipinski definition) is 3. The minimum atomic E-state index is -0.374. The lowest BCUT2D eigenvalue weighted by atomic mass is 10.2. The second-order valence-corrected chi connectivity index (χ2v) is 5.87. The lowest BCUT2D eigenvalue weighted by Crippen LogP contribution is -2.15. The molecule has 0 aliphatic carbocycles. The molecule has 3 aromatic rings. The Morgan fingerprint density at radius 2 is 1.96 bits per heavy atom. The quantitative estimate of drug-likeness (QED) is 0.579. The van der Waals surface area contributed by atoms with Crippen LogP contribution in [0.5, 0.6) is 11.5 Å². The maximum atomic E-state index is 12.6. The van der Waals surface area contributed by atoms with Crippen molar-refractivity contribution in [2.24, 2.45) is 0 Å². The fourth-order valence-electron chi connectivity index (χ4n) is 2.58. The van der Waals surface area contributed by atoms with Crippen LogP contribution in [0.2, 0.25) is 0 Å². The summed E-state index contributed by atoms with van der Waals surface area (Å²) in [5.41, 5.74) is 8.37. The first kappa shape index (κ1) is 19.0. The average molecular weight is 379 g/mol. The number of hydrogen-bond acceptors (Lipinski definition) is 7. The summed E-state index contributed by atoms with van der Waals surface area (Å²) in [6, 6.07) is 12.8. The molecule has 0 atom stereocenters. The van der Waals surface area contributed by atoms with E-state index in [1.807, 2.05) is 30.3 Å². The molecule has 0 aliphatic rings. The summed E-state index contributed by atoms with van der Waals surface area (Å²) in [5.74, 6) is 0.906. The van der Waals surface area contributed by atoms with Gasteiger partial charge in [-0.25, -0.2) is 9.97 Å². The molecule has 0 unspecified atom stereocenters. The number of nitrogens with one attached hydrogen (secondary N) is 2. The van der Waals surface area contributed by atoms with Crippen LogP contribution in [0.25, 0.3) is 0 Å². The van der Waals surface area contributed by atoms with Crippen molar-refractivity contribution in [3.63, 3.8) is 0 Å². The van der Waals surface area contributed by atoms with Crippen molar-refractivity contribution in [1.29, 1.82) is 0 Å². The third kappa shape index (κ3) is 4.47. The van der Waals surface area contributed by atoms with Crippen LogP contribution in [0, 0.1) is 0 Å². The number of carbonyl (C=O) groups is 1. The second kappa shape index (κ2) is 8.72. The van der Waals surface area contributed by atoms with Gasteiger partial charge in [0, 0.05) is 24.5 Å². The van der Waals surface area contributed by atoms with Gasteiger partial charge in [0.25, 0.3) is 5.91 Å². The van der Waals surface area contributed by atoms with Gasteiger partial charge in [0.2, 0.25) is 0 Å². The number of amides is 1. The Hall–Kier alpha value is -3.81. The zero-order chi connectivity index (χ0) is 19.9. The summed E-state index contributed by atoms with van der Waals surface area (Å²) in [6.45, 7) is 0.531. The Kier molecular flexibility index (Phi) is 5.91. The number of nitrogen functional groups attached to an aromatic ring is 1. The minimum absolute atomic E-state index is 0.176. The van der Waals surface area contributed by atoms with E-state index >= 15 is 0 Å². The lowest BCUT2D eigenvalue weighted by molar-refractivity contribution is 0.101. The van der Waals surface area contributed by atoms with Gasteiger partial charge >= 0.3 is 0 Å². The molecule has 144 valence electrons. The molecule has 1 amide bonds. The third-order valence-corrected chi connectivity index (χ3v) is 4.00. The molecule has 2 aromatic heterocycles. The minimum Gasteiger partial charge on any atom is -0.495 e. The number of pyridine rings is 2. The van der Waals surface area contributed by atoms with E-state index in [4.69, 9.17) is 15.2 Å². The number of nitrogens with two attached hydrogens (primary N) is 1. The van der Waals surface area contributed by atoms with Gasteiger partial charge in [-0.05, 0) is 29.8 Å². The van der Waals surface area contributed by atoms with Gasteiger partial charge in [0.15, 0.2) is 11.4 Å². The second-order valence-electron chi connectivity index (χ2n) is 5.87. The monoisotopic (exact) mass is 379 g/mol. The van der Waals surface area contributed by atoms with Gasteiger partial charge in [-0.3, -0.25) is 4.79 Å². The van der Waals surface area contributed by atoms with E-state index < -0.39 is 0 Å². The third-order valence-electron chi connectivity index (χ3n) is 4.00. The molecule has 28 heavy (non-hydrogen) atoms. The van der Waals surface area contributed by atoms with Crippen LogP contribution in [0.1, 0.15) is 16.1 Å². The number of benzene rings is 1. The van der Waals surface area contributed by atoms with E-state index in [2.05, 4.69) is 20.6 Å². The first-order valence-corrected chi connectivity index (χ1v) is 8.53. The number of anilines is 3. The van der Waals surface area contributed by atoms with Crippen LogP contribution in [0.3, 0.4) is 0 Å². The molecule has 0 radical (unpaired) electrons. The summed E-state index contributed by atoms with van der Waals surface area (Å²) in [4.78, 5) is 20.8. The predicted octanol–water partition coefficient (Wildman–Crippen LogP) is 2.94. The van der Waals surface area contributed by atoms with Crippen LogP contribution < -0.4 is 25.8 Å². The maximum Gasteiger partial charge on any atom is 0.278 e. The predicted molar refractivity (Wildman–Crippen MR) is 108 cm³/mol. The van der Waals surface area contributed by atoms with Gasteiger partial charge < -0.3 is 25.8 Å². The van der Waals surface area contributed by atoms with E-state index in [0.29, 0.717) is 29.5 Å². The Morgan fingerprint density at radius 1 is 1.11 bits per heavy atom. The van der Waals surface area contributed by atoms with E-state index in [0.717, 1.165) is 11.3 Å². The molecular formula is C20H21N5O3. The Morgan fingerprint density at radius 3 is 2.71 bits per heavy atom. The van der Waals surface area contributed by atoms with Crippen molar-refractivity contribution in [1.82, 2.24) is 9.97 Å². The molecule has 4 N–H and O–H groups in total. The molecule has 0 spiro atoms. The van der Waals surface area contributed by atoms with Gasteiger partial charge in [-0.15, -0.1) is 0 Å².